The zero-order valence-corrected chi connectivity index (χ0v) is 4.89. The summed E-state index contributed by atoms with van der Waals surface area (Å²) in [6, 6.07) is -0.445. The van der Waals surface area contributed by atoms with Crippen LogP contribution in [0.2, 0.25) is 0 Å². The Morgan fingerprint density at radius 2 is 2.22 bits per heavy atom. The van der Waals surface area contributed by atoms with Crippen molar-refractivity contribution in [2.45, 2.75) is 6.17 Å². The highest BCUT2D eigenvalue weighted by atomic mass is 16.2. The van der Waals surface area contributed by atoms with Crippen LogP contribution in [0.5, 0.6) is 0 Å². The van der Waals surface area contributed by atoms with Crippen LogP contribution in [-0.4, -0.2) is 25.2 Å². The number of hydrogen-bond donors (Lipinski definition) is 3. The topological polar surface area (TPSA) is 70.2 Å². The monoisotopic (exact) mass is 129 g/mol. The van der Waals surface area contributed by atoms with E-state index < -0.39 is 12.2 Å². The number of imide groups is 1. The summed E-state index contributed by atoms with van der Waals surface area (Å²) < 4.78 is 0. The Hall–Kier alpha value is -1.10. The van der Waals surface area contributed by atoms with Crippen LogP contribution in [0.1, 0.15) is 0 Å². The molecule has 1 aliphatic heterocycles. The molecule has 0 bridgehead atoms. The van der Waals surface area contributed by atoms with Crippen LogP contribution < -0.4 is 16.0 Å². The zero-order chi connectivity index (χ0) is 6.85. The Morgan fingerprint density at radius 3 is 2.44 bits per heavy atom. The maximum atomic E-state index is 10.6. The normalized spacial score (nSPS) is 25.7. The van der Waals surface area contributed by atoms with Gasteiger partial charge in [-0.15, -0.1) is 0 Å². The highest BCUT2D eigenvalue weighted by Gasteiger charge is 2.27. The maximum Gasteiger partial charge on any atom is 0.323 e. The minimum absolute atomic E-state index is 0.331. The fourth-order valence-electron chi connectivity index (χ4n) is 0.620. The minimum Gasteiger partial charge on any atom is -0.314 e. The van der Waals surface area contributed by atoms with E-state index in [-0.39, 0.29) is 5.91 Å². The van der Waals surface area contributed by atoms with E-state index in [4.69, 9.17) is 0 Å². The van der Waals surface area contributed by atoms with E-state index >= 15 is 0 Å². The molecule has 0 aromatic rings. The number of urea groups is 1. The first-order valence-corrected chi connectivity index (χ1v) is 2.52. The van der Waals surface area contributed by atoms with Crippen LogP contribution in [0.25, 0.3) is 0 Å². The maximum absolute atomic E-state index is 10.6. The van der Waals surface area contributed by atoms with Gasteiger partial charge in [-0.05, 0) is 7.05 Å². The van der Waals surface area contributed by atoms with Gasteiger partial charge in [0.25, 0.3) is 5.91 Å². The summed E-state index contributed by atoms with van der Waals surface area (Å²) in [5.41, 5.74) is 0. The van der Waals surface area contributed by atoms with Gasteiger partial charge in [0, 0.05) is 0 Å². The molecule has 1 aliphatic rings. The van der Waals surface area contributed by atoms with Crippen LogP contribution in [0, 0.1) is 0 Å². The second kappa shape index (κ2) is 2.02. The standard InChI is InChI=1S/C4H7N3O2/c1-5-2-3(8)7-4(9)6-2/h2,5H,1H3,(H2,6,7,8,9). The van der Waals surface area contributed by atoms with Crippen molar-refractivity contribution < 1.29 is 9.59 Å². The molecule has 1 rings (SSSR count). The van der Waals surface area contributed by atoms with Crippen LogP contribution >= 0.6 is 0 Å². The summed E-state index contributed by atoms with van der Waals surface area (Å²) in [5.74, 6) is -0.331. The molecule has 1 heterocycles. The summed E-state index contributed by atoms with van der Waals surface area (Å²) in [7, 11) is 1.59. The highest BCUT2D eigenvalue weighted by Crippen LogP contribution is 1.85. The lowest BCUT2D eigenvalue weighted by molar-refractivity contribution is -0.120. The van der Waals surface area contributed by atoms with Gasteiger partial charge in [-0.25, -0.2) is 4.79 Å². The molecule has 5 nitrogen and oxygen atoms in total. The van der Waals surface area contributed by atoms with Crippen molar-refractivity contribution in [2.24, 2.45) is 0 Å². The fourth-order valence-corrected chi connectivity index (χ4v) is 0.620. The van der Waals surface area contributed by atoms with Crippen molar-refractivity contribution in [2.75, 3.05) is 7.05 Å². The molecule has 1 unspecified atom stereocenters. The molecule has 3 N–H and O–H groups in total. The predicted octanol–water partition coefficient (Wildman–Crippen LogP) is -1.63. The van der Waals surface area contributed by atoms with E-state index in [1.54, 1.807) is 7.05 Å². The molecule has 50 valence electrons. The molecule has 0 saturated carbocycles. The molecule has 0 radical (unpaired) electrons. The van der Waals surface area contributed by atoms with Crippen molar-refractivity contribution in [3.63, 3.8) is 0 Å². The molecule has 0 aromatic heterocycles. The third-order valence-corrected chi connectivity index (χ3v) is 1.06. The minimum atomic E-state index is -0.558. The van der Waals surface area contributed by atoms with Crippen LogP contribution in [0.4, 0.5) is 4.79 Å². The van der Waals surface area contributed by atoms with Gasteiger partial charge in [-0.3, -0.25) is 15.4 Å². The number of carbonyl (C=O) groups excluding carboxylic acids is 2. The SMILES string of the molecule is CNC1NC(=O)NC1=O. The summed E-state index contributed by atoms with van der Waals surface area (Å²) in [5, 5.41) is 7.01. The molecule has 9 heavy (non-hydrogen) atoms. The lowest BCUT2D eigenvalue weighted by Crippen LogP contribution is -2.40. The Labute approximate surface area is 51.8 Å². The molecule has 1 saturated heterocycles. The predicted molar refractivity (Wildman–Crippen MR) is 29.5 cm³/mol. The van der Waals surface area contributed by atoms with E-state index in [0.717, 1.165) is 0 Å². The molecular formula is C4H7N3O2. The van der Waals surface area contributed by atoms with Crippen LogP contribution in [0.3, 0.4) is 0 Å². The van der Waals surface area contributed by atoms with Gasteiger partial charge in [0.2, 0.25) is 0 Å². The van der Waals surface area contributed by atoms with E-state index in [1.807, 2.05) is 0 Å². The first kappa shape index (κ1) is 6.03. The molecule has 3 amide bonds. The lowest BCUT2D eigenvalue weighted by atomic mass is 10.5. The van der Waals surface area contributed by atoms with E-state index in [0.29, 0.717) is 0 Å². The van der Waals surface area contributed by atoms with Gasteiger partial charge in [-0.2, -0.15) is 0 Å². The van der Waals surface area contributed by atoms with E-state index in [9.17, 15) is 9.59 Å². The quantitative estimate of drug-likeness (QED) is 0.372. The lowest BCUT2D eigenvalue weighted by Gasteiger charge is -2.01. The highest BCUT2D eigenvalue weighted by molar-refractivity contribution is 6.03. The van der Waals surface area contributed by atoms with Gasteiger partial charge in [-0.1, -0.05) is 0 Å². The Morgan fingerprint density at radius 1 is 1.56 bits per heavy atom. The number of hydrogen-bond acceptors (Lipinski definition) is 3. The first-order valence-electron chi connectivity index (χ1n) is 2.52. The van der Waals surface area contributed by atoms with E-state index in [1.165, 1.54) is 0 Å². The van der Waals surface area contributed by atoms with Crippen molar-refractivity contribution in [3.8, 4) is 0 Å². The number of rotatable bonds is 1. The first-order chi connectivity index (χ1) is 4.24. The molecule has 1 atom stereocenters. The van der Waals surface area contributed by atoms with Gasteiger partial charge in [0.15, 0.2) is 6.17 Å². The number of amides is 3. The summed E-state index contributed by atoms with van der Waals surface area (Å²) in [4.78, 5) is 20.9. The number of nitrogens with one attached hydrogen (secondary N) is 3. The molecule has 0 spiro atoms. The van der Waals surface area contributed by atoms with Gasteiger partial charge in [0.1, 0.15) is 0 Å². The van der Waals surface area contributed by atoms with Crippen molar-refractivity contribution in [1.29, 1.82) is 0 Å². The average Bonchev–Trinajstić information content (AvgIpc) is 2.10. The second-order valence-electron chi connectivity index (χ2n) is 1.68. The summed E-state index contributed by atoms with van der Waals surface area (Å²) in [6.45, 7) is 0. The van der Waals surface area contributed by atoms with Crippen molar-refractivity contribution >= 4 is 11.9 Å². The zero-order valence-electron chi connectivity index (χ0n) is 4.89. The van der Waals surface area contributed by atoms with Gasteiger partial charge >= 0.3 is 6.03 Å². The fraction of sp³-hybridized carbons (Fsp3) is 0.500. The molecule has 0 aliphatic carbocycles. The van der Waals surface area contributed by atoms with Gasteiger partial charge < -0.3 is 5.32 Å². The van der Waals surface area contributed by atoms with Crippen LogP contribution in [-0.2, 0) is 4.79 Å². The largest absolute Gasteiger partial charge is 0.323 e. The third kappa shape index (κ3) is 0.996. The van der Waals surface area contributed by atoms with Crippen molar-refractivity contribution in [3.05, 3.63) is 0 Å². The van der Waals surface area contributed by atoms with Crippen molar-refractivity contribution in [1.82, 2.24) is 16.0 Å². The molecular weight excluding hydrogens is 122 g/mol. The molecule has 5 heteroatoms. The average molecular weight is 129 g/mol. The summed E-state index contributed by atoms with van der Waals surface area (Å²) >= 11 is 0. The summed E-state index contributed by atoms with van der Waals surface area (Å²) in [6.07, 6.45) is -0.558. The Balaban J connectivity index is 2.58. The Kier molecular flexibility index (Phi) is 1.35. The van der Waals surface area contributed by atoms with Gasteiger partial charge in [0.05, 0.1) is 0 Å². The number of carbonyl (C=O) groups is 2. The third-order valence-electron chi connectivity index (χ3n) is 1.06. The number of likely N-dealkylation sites (N-methyl/N-ethyl adjacent to an activating group) is 1. The smallest absolute Gasteiger partial charge is 0.314 e. The second-order valence-corrected chi connectivity index (χ2v) is 1.68. The molecule has 1 fully saturated rings. The van der Waals surface area contributed by atoms with E-state index in [2.05, 4.69) is 16.0 Å². The Bertz CT molecular complexity index is 156. The molecule has 0 aromatic carbocycles. The van der Waals surface area contributed by atoms with Crippen LogP contribution in [0.15, 0.2) is 0 Å².